The van der Waals surface area contributed by atoms with Gasteiger partial charge < -0.3 is 4.42 Å². The van der Waals surface area contributed by atoms with Crippen molar-refractivity contribution in [2.24, 2.45) is 0 Å². The van der Waals surface area contributed by atoms with Crippen molar-refractivity contribution in [3.63, 3.8) is 0 Å². The maximum absolute atomic E-state index is 12.2. The van der Waals surface area contributed by atoms with Crippen LogP contribution >= 0.6 is 0 Å². The van der Waals surface area contributed by atoms with Gasteiger partial charge in [0.25, 0.3) is 0 Å². The molecule has 3 aromatic rings. The molecule has 0 aliphatic heterocycles. The van der Waals surface area contributed by atoms with Gasteiger partial charge in [-0.15, -0.1) is 0 Å². The summed E-state index contributed by atoms with van der Waals surface area (Å²) in [5.74, 6) is 0. The van der Waals surface area contributed by atoms with Crippen molar-refractivity contribution in [3.05, 3.63) is 60.0 Å². The molecule has 0 unspecified atom stereocenters. The van der Waals surface area contributed by atoms with Crippen LogP contribution in [0.5, 0.6) is 0 Å². The minimum atomic E-state index is -3.46. The van der Waals surface area contributed by atoms with Gasteiger partial charge >= 0.3 is 0 Å². The van der Waals surface area contributed by atoms with Gasteiger partial charge in [-0.3, -0.25) is 0 Å². The van der Waals surface area contributed by atoms with E-state index >= 15 is 0 Å². The number of sulfonamides is 1. The zero-order chi connectivity index (χ0) is 15.6. The lowest BCUT2D eigenvalue weighted by molar-refractivity contribution is 0.581. The van der Waals surface area contributed by atoms with E-state index in [2.05, 4.69) is 9.71 Å². The zero-order valence-electron chi connectivity index (χ0n) is 12.1. The van der Waals surface area contributed by atoms with E-state index < -0.39 is 10.0 Å². The lowest BCUT2D eigenvalue weighted by Crippen LogP contribution is -2.25. The molecule has 0 saturated heterocycles. The van der Waals surface area contributed by atoms with Gasteiger partial charge in [0.2, 0.25) is 10.0 Å². The SMILES string of the molecule is Cc1ccc(S(=O)(=O)NCCc2ccc3ocnc3c2)cc1. The van der Waals surface area contributed by atoms with Crippen LogP contribution in [0.15, 0.2) is 58.2 Å². The number of fused-ring (bicyclic) bond motifs is 1. The molecule has 1 aromatic heterocycles. The van der Waals surface area contributed by atoms with E-state index in [0.717, 1.165) is 22.2 Å². The molecule has 2 aromatic carbocycles. The molecule has 1 heterocycles. The highest BCUT2D eigenvalue weighted by atomic mass is 32.2. The van der Waals surface area contributed by atoms with Crippen LogP contribution in [0.25, 0.3) is 11.1 Å². The Bertz CT molecular complexity index is 883. The standard InChI is InChI=1S/C16H16N2O3S/c1-12-2-5-14(6-3-12)22(19,20)18-9-8-13-4-7-16-15(10-13)17-11-21-16/h2-7,10-11,18H,8-9H2,1H3. The van der Waals surface area contributed by atoms with Gasteiger partial charge in [0, 0.05) is 6.54 Å². The first-order valence-electron chi connectivity index (χ1n) is 6.93. The molecule has 0 aliphatic rings. The fourth-order valence-electron chi connectivity index (χ4n) is 2.19. The summed E-state index contributed by atoms with van der Waals surface area (Å²) in [6, 6.07) is 12.4. The lowest BCUT2D eigenvalue weighted by Gasteiger charge is -2.07. The van der Waals surface area contributed by atoms with Crippen LogP contribution < -0.4 is 4.72 Å². The van der Waals surface area contributed by atoms with E-state index in [0.29, 0.717) is 13.0 Å². The number of oxazole rings is 1. The molecule has 0 spiro atoms. The summed E-state index contributed by atoms with van der Waals surface area (Å²) in [7, 11) is -3.46. The van der Waals surface area contributed by atoms with Gasteiger partial charge in [-0.2, -0.15) is 0 Å². The topological polar surface area (TPSA) is 72.2 Å². The van der Waals surface area contributed by atoms with Gasteiger partial charge in [-0.05, 0) is 43.2 Å². The third kappa shape index (κ3) is 3.18. The highest BCUT2D eigenvalue weighted by Gasteiger charge is 2.12. The van der Waals surface area contributed by atoms with Gasteiger partial charge in [-0.1, -0.05) is 23.8 Å². The Morgan fingerprint density at radius 1 is 1.14 bits per heavy atom. The summed E-state index contributed by atoms with van der Waals surface area (Å²) in [5.41, 5.74) is 3.54. The van der Waals surface area contributed by atoms with Gasteiger partial charge in [0.15, 0.2) is 12.0 Å². The minimum Gasteiger partial charge on any atom is -0.443 e. The van der Waals surface area contributed by atoms with Crippen molar-refractivity contribution >= 4 is 21.1 Å². The van der Waals surface area contributed by atoms with Crippen molar-refractivity contribution in [2.45, 2.75) is 18.2 Å². The summed E-state index contributed by atoms with van der Waals surface area (Å²) in [5, 5.41) is 0. The van der Waals surface area contributed by atoms with Crippen LogP contribution in [0.2, 0.25) is 0 Å². The molecule has 0 amide bonds. The second kappa shape index (κ2) is 5.90. The third-order valence-corrected chi connectivity index (χ3v) is 4.91. The van der Waals surface area contributed by atoms with Crippen LogP contribution in [0, 0.1) is 6.92 Å². The quantitative estimate of drug-likeness (QED) is 0.785. The monoisotopic (exact) mass is 316 g/mol. The summed E-state index contributed by atoms with van der Waals surface area (Å²) in [6.45, 7) is 2.25. The van der Waals surface area contributed by atoms with Crippen molar-refractivity contribution in [2.75, 3.05) is 6.54 Å². The molecule has 0 bridgehead atoms. The van der Waals surface area contributed by atoms with Gasteiger partial charge in [0.05, 0.1) is 4.90 Å². The zero-order valence-corrected chi connectivity index (χ0v) is 12.9. The predicted molar refractivity (Wildman–Crippen MR) is 84.1 cm³/mol. The summed E-state index contributed by atoms with van der Waals surface area (Å²) in [4.78, 5) is 4.37. The maximum Gasteiger partial charge on any atom is 0.240 e. The molecular formula is C16H16N2O3S. The van der Waals surface area contributed by atoms with Gasteiger partial charge in [-0.25, -0.2) is 18.1 Å². The smallest absolute Gasteiger partial charge is 0.240 e. The van der Waals surface area contributed by atoms with Crippen molar-refractivity contribution in [1.82, 2.24) is 9.71 Å². The molecule has 0 radical (unpaired) electrons. The molecule has 3 rings (SSSR count). The van der Waals surface area contributed by atoms with Crippen molar-refractivity contribution < 1.29 is 12.8 Å². The number of hydrogen-bond donors (Lipinski definition) is 1. The van der Waals surface area contributed by atoms with E-state index in [1.165, 1.54) is 6.39 Å². The van der Waals surface area contributed by atoms with Crippen molar-refractivity contribution in [1.29, 1.82) is 0 Å². The Labute approximate surface area is 129 Å². The maximum atomic E-state index is 12.2. The molecule has 0 atom stereocenters. The number of nitrogens with one attached hydrogen (secondary N) is 1. The normalized spacial score (nSPS) is 11.9. The Morgan fingerprint density at radius 3 is 2.68 bits per heavy atom. The van der Waals surface area contributed by atoms with Gasteiger partial charge in [0.1, 0.15) is 5.52 Å². The molecule has 6 heteroatoms. The highest BCUT2D eigenvalue weighted by molar-refractivity contribution is 7.89. The first-order chi connectivity index (χ1) is 10.5. The van der Waals surface area contributed by atoms with E-state index in [-0.39, 0.29) is 4.90 Å². The van der Waals surface area contributed by atoms with E-state index in [1.807, 2.05) is 25.1 Å². The van der Waals surface area contributed by atoms with Crippen LogP contribution in [0.4, 0.5) is 0 Å². The predicted octanol–water partition coefficient (Wildman–Crippen LogP) is 2.66. The molecule has 1 N–H and O–H groups in total. The Morgan fingerprint density at radius 2 is 1.91 bits per heavy atom. The second-order valence-electron chi connectivity index (χ2n) is 5.12. The Hall–Kier alpha value is -2.18. The summed E-state index contributed by atoms with van der Waals surface area (Å²) in [6.07, 6.45) is 1.99. The number of nitrogens with zero attached hydrogens (tertiary/aromatic N) is 1. The fraction of sp³-hybridized carbons (Fsp3) is 0.188. The Balaban J connectivity index is 1.65. The number of aryl methyl sites for hydroxylation is 1. The Kier molecular flexibility index (Phi) is 3.96. The van der Waals surface area contributed by atoms with Crippen LogP contribution in [0.1, 0.15) is 11.1 Å². The average Bonchev–Trinajstić information content (AvgIpc) is 2.95. The number of hydrogen-bond acceptors (Lipinski definition) is 4. The molecule has 22 heavy (non-hydrogen) atoms. The molecular weight excluding hydrogens is 300 g/mol. The van der Waals surface area contributed by atoms with Crippen LogP contribution in [0.3, 0.4) is 0 Å². The van der Waals surface area contributed by atoms with Crippen LogP contribution in [-0.4, -0.2) is 19.9 Å². The lowest BCUT2D eigenvalue weighted by atomic mass is 10.1. The minimum absolute atomic E-state index is 0.282. The molecule has 5 nitrogen and oxygen atoms in total. The number of benzene rings is 2. The largest absolute Gasteiger partial charge is 0.443 e. The molecule has 0 aliphatic carbocycles. The fourth-order valence-corrected chi connectivity index (χ4v) is 3.22. The first kappa shape index (κ1) is 14.7. The van der Waals surface area contributed by atoms with E-state index in [1.54, 1.807) is 24.3 Å². The number of rotatable bonds is 5. The first-order valence-corrected chi connectivity index (χ1v) is 8.41. The second-order valence-corrected chi connectivity index (χ2v) is 6.88. The summed E-state index contributed by atoms with van der Waals surface area (Å²) < 4.78 is 32.1. The summed E-state index contributed by atoms with van der Waals surface area (Å²) >= 11 is 0. The highest BCUT2D eigenvalue weighted by Crippen LogP contribution is 2.15. The molecule has 114 valence electrons. The van der Waals surface area contributed by atoms with Crippen molar-refractivity contribution in [3.8, 4) is 0 Å². The molecule has 0 fully saturated rings. The molecule has 0 saturated carbocycles. The van der Waals surface area contributed by atoms with E-state index in [9.17, 15) is 8.42 Å². The third-order valence-electron chi connectivity index (χ3n) is 3.43. The van der Waals surface area contributed by atoms with Crippen LogP contribution in [-0.2, 0) is 16.4 Å². The average molecular weight is 316 g/mol. The van der Waals surface area contributed by atoms with E-state index in [4.69, 9.17) is 4.42 Å². The number of aromatic nitrogens is 1.